The lowest BCUT2D eigenvalue weighted by atomic mass is 9.67. The molecular formula is C63H44S2. The zero-order valence-corrected chi connectivity index (χ0v) is 37.4. The molecule has 2 heterocycles. The lowest BCUT2D eigenvalue weighted by molar-refractivity contribution is 0.714. The van der Waals surface area contributed by atoms with Crippen molar-refractivity contribution in [2.75, 3.05) is 0 Å². The Bertz CT molecular complexity index is 3260. The number of rotatable bonds is 7. The predicted molar refractivity (Wildman–Crippen MR) is 271 cm³/mol. The summed E-state index contributed by atoms with van der Waals surface area (Å²) in [6, 6.07) is 86.8. The largest absolute Gasteiger partial charge is 0.0929 e. The minimum atomic E-state index is -0.413. The topological polar surface area (TPSA) is 0 Å². The molecule has 0 aromatic heterocycles. The first-order chi connectivity index (χ1) is 32.3. The van der Waals surface area contributed by atoms with Crippen LogP contribution in [-0.2, 0) is 5.41 Å². The molecule has 2 aliphatic heterocycles. The van der Waals surface area contributed by atoms with Crippen molar-refractivity contribution in [2.45, 2.75) is 44.3 Å². The molecule has 0 nitrogen and oxygen atoms in total. The lowest BCUT2D eigenvalue weighted by Gasteiger charge is -2.39. The Labute approximate surface area is 390 Å². The van der Waals surface area contributed by atoms with Crippen molar-refractivity contribution in [3.05, 3.63) is 303 Å². The molecule has 2 heteroatoms. The van der Waals surface area contributed by atoms with E-state index in [1.807, 2.05) is 23.5 Å². The van der Waals surface area contributed by atoms with Gasteiger partial charge in [0.1, 0.15) is 0 Å². The molecule has 4 aliphatic rings. The van der Waals surface area contributed by atoms with Crippen LogP contribution in [0.1, 0.15) is 74.2 Å². The van der Waals surface area contributed by atoms with Crippen LogP contribution in [0.25, 0.3) is 22.3 Å². The Morgan fingerprint density at radius 2 is 0.923 bits per heavy atom. The molecule has 0 radical (unpaired) electrons. The fraction of sp³-hybridized carbons (Fsp3) is 0.0794. The van der Waals surface area contributed by atoms with Gasteiger partial charge in [-0.1, -0.05) is 241 Å². The van der Waals surface area contributed by atoms with E-state index >= 15 is 0 Å². The maximum Gasteiger partial charge on any atom is 0.0735 e. The van der Waals surface area contributed by atoms with E-state index < -0.39 is 5.41 Å². The summed E-state index contributed by atoms with van der Waals surface area (Å²) in [6.45, 7) is 0. The van der Waals surface area contributed by atoms with Crippen LogP contribution in [0.5, 0.6) is 0 Å². The van der Waals surface area contributed by atoms with E-state index in [-0.39, 0.29) is 17.8 Å². The second kappa shape index (κ2) is 15.7. The maximum absolute atomic E-state index is 2.63. The minimum Gasteiger partial charge on any atom is -0.0929 e. The number of hydrogen-bond acceptors (Lipinski definition) is 2. The van der Waals surface area contributed by atoms with Crippen molar-refractivity contribution in [3.8, 4) is 22.3 Å². The highest BCUT2D eigenvalue weighted by molar-refractivity contribution is 8.03. The summed E-state index contributed by atoms with van der Waals surface area (Å²) in [6.07, 6.45) is 3.58. The van der Waals surface area contributed by atoms with Gasteiger partial charge < -0.3 is 0 Å². The molecule has 0 saturated carbocycles. The maximum atomic E-state index is 2.63. The third-order valence-electron chi connectivity index (χ3n) is 14.4. The average Bonchev–Trinajstić information content (AvgIpc) is 3.88. The van der Waals surface area contributed by atoms with Gasteiger partial charge in [-0.2, -0.15) is 0 Å². The number of hydrogen-bond donors (Lipinski definition) is 0. The highest BCUT2D eigenvalue weighted by Crippen LogP contribution is 2.64. The van der Waals surface area contributed by atoms with Gasteiger partial charge in [0.05, 0.1) is 5.41 Å². The Hall–Kier alpha value is -6.84. The molecule has 2 aliphatic carbocycles. The van der Waals surface area contributed by atoms with E-state index in [0.717, 1.165) is 6.42 Å². The van der Waals surface area contributed by atoms with Gasteiger partial charge in [-0.3, -0.25) is 0 Å². The quantitative estimate of drug-likeness (QED) is 0.157. The van der Waals surface area contributed by atoms with Gasteiger partial charge >= 0.3 is 0 Å². The van der Waals surface area contributed by atoms with Crippen molar-refractivity contribution in [2.24, 2.45) is 0 Å². The molecule has 0 amide bonds. The monoisotopic (exact) mass is 864 g/mol. The highest BCUT2D eigenvalue weighted by atomic mass is 32.2. The standard InChI is InChI=1S/C63H44S2/c1-5-20-41(21-6-1)46-29-19-30-48-50-39-51(60(42-22-7-2-8-23-42)43-24-9-3-10-25-43)52(40-59(50)65-62(46)48)61(44-26-11-4-12-27-44)45-36-37-54-49(38-45)47-28-13-14-31-53(47)63(54)55-32-15-17-34-57(55)64-58-35-18-16-33-56(58)63/h1-38,40,50,60-61H,39H2. The van der Waals surface area contributed by atoms with Crippen LogP contribution in [0.3, 0.4) is 0 Å². The normalized spacial score (nSPS) is 16.5. The second-order valence-corrected chi connectivity index (χ2v) is 19.9. The molecule has 0 fully saturated rings. The van der Waals surface area contributed by atoms with Gasteiger partial charge in [-0.15, -0.1) is 0 Å². The SMILES string of the molecule is C1=C2Sc3c(-c4ccccc4)cccc3C2CC(C(c2ccccc2)c2ccccc2)=C1C(c1ccccc1)c1ccc2c(c1)-c1ccccc1C21c2ccccc2Sc2ccccc21. The Kier molecular flexibility index (Phi) is 9.32. The van der Waals surface area contributed by atoms with Crippen LogP contribution in [-0.4, -0.2) is 0 Å². The first-order valence-electron chi connectivity index (χ1n) is 22.8. The number of fused-ring (bicyclic) bond motifs is 12. The van der Waals surface area contributed by atoms with Crippen molar-refractivity contribution in [1.82, 2.24) is 0 Å². The van der Waals surface area contributed by atoms with Gasteiger partial charge in [-0.25, -0.2) is 0 Å². The highest BCUT2D eigenvalue weighted by Gasteiger charge is 2.50. The van der Waals surface area contributed by atoms with E-state index in [1.54, 1.807) is 0 Å². The lowest BCUT2D eigenvalue weighted by Crippen LogP contribution is -2.31. The van der Waals surface area contributed by atoms with Crippen LogP contribution < -0.4 is 0 Å². The molecule has 65 heavy (non-hydrogen) atoms. The van der Waals surface area contributed by atoms with E-state index in [0.29, 0.717) is 0 Å². The summed E-state index contributed by atoms with van der Waals surface area (Å²) in [5, 5.41) is 0. The third kappa shape index (κ3) is 6.08. The molecule has 0 bridgehead atoms. The predicted octanol–water partition coefficient (Wildman–Crippen LogP) is 16.6. The molecule has 13 rings (SSSR count). The fourth-order valence-electron chi connectivity index (χ4n) is 11.7. The van der Waals surface area contributed by atoms with Gasteiger partial charge in [0, 0.05) is 32.4 Å². The molecule has 2 unspecified atom stereocenters. The molecule has 2 atom stereocenters. The molecule has 1 spiro atoms. The van der Waals surface area contributed by atoms with Gasteiger partial charge in [0.25, 0.3) is 0 Å². The third-order valence-corrected chi connectivity index (χ3v) is 16.9. The number of benzene rings is 9. The van der Waals surface area contributed by atoms with Crippen LogP contribution in [0.15, 0.2) is 267 Å². The number of allylic oxidation sites excluding steroid dienone is 4. The van der Waals surface area contributed by atoms with Crippen molar-refractivity contribution < 1.29 is 0 Å². The van der Waals surface area contributed by atoms with Gasteiger partial charge in [0.15, 0.2) is 0 Å². The van der Waals surface area contributed by atoms with E-state index in [1.165, 1.54) is 103 Å². The summed E-state index contributed by atoms with van der Waals surface area (Å²) in [4.78, 5) is 5.50. The summed E-state index contributed by atoms with van der Waals surface area (Å²) in [5.41, 5.74) is 20.0. The summed E-state index contributed by atoms with van der Waals surface area (Å²) >= 11 is 3.90. The Morgan fingerprint density at radius 1 is 0.400 bits per heavy atom. The molecule has 0 N–H and O–H groups in total. The summed E-state index contributed by atoms with van der Waals surface area (Å²) < 4.78 is 0. The van der Waals surface area contributed by atoms with Crippen LogP contribution in [0.4, 0.5) is 0 Å². The fourth-order valence-corrected chi connectivity index (χ4v) is 14.3. The summed E-state index contributed by atoms with van der Waals surface area (Å²) in [7, 11) is 0. The smallest absolute Gasteiger partial charge is 0.0735 e. The van der Waals surface area contributed by atoms with Crippen LogP contribution in [0.2, 0.25) is 0 Å². The van der Waals surface area contributed by atoms with E-state index in [2.05, 4.69) is 237 Å². The summed E-state index contributed by atoms with van der Waals surface area (Å²) in [5.74, 6) is 0.344. The van der Waals surface area contributed by atoms with Crippen molar-refractivity contribution in [1.29, 1.82) is 0 Å². The van der Waals surface area contributed by atoms with Gasteiger partial charge in [0.2, 0.25) is 0 Å². The number of thioether (sulfide) groups is 1. The molecule has 9 aromatic carbocycles. The van der Waals surface area contributed by atoms with Crippen molar-refractivity contribution >= 4 is 23.5 Å². The second-order valence-electron chi connectivity index (χ2n) is 17.8. The Balaban J connectivity index is 1.06. The molecular weight excluding hydrogens is 821 g/mol. The minimum absolute atomic E-state index is 0.0111. The van der Waals surface area contributed by atoms with E-state index in [4.69, 9.17) is 0 Å². The van der Waals surface area contributed by atoms with Crippen LogP contribution in [0, 0.1) is 0 Å². The zero-order chi connectivity index (χ0) is 42.9. The molecule has 0 saturated heterocycles. The van der Waals surface area contributed by atoms with Gasteiger partial charge in [-0.05, 0) is 113 Å². The molecule has 9 aromatic rings. The van der Waals surface area contributed by atoms with Crippen LogP contribution >= 0.6 is 23.5 Å². The first kappa shape index (κ1) is 38.6. The van der Waals surface area contributed by atoms with Crippen molar-refractivity contribution in [3.63, 3.8) is 0 Å². The molecule has 308 valence electrons. The Morgan fingerprint density at radius 3 is 1.57 bits per heavy atom. The van der Waals surface area contributed by atoms with E-state index in [9.17, 15) is 0 Å². The average molecular weight is 865 g/mol. The first-order valence-corrected chi connectivity index (χ1v) is 24.5. The zero-order valence-electron chi connectivity index (χ0n) is 35.8.